The molecule has 0 aliphatic carbocycles. The molecule has 3 aromatic rings. The number of aryl methyl sites for hydroxylation is 1. The van der Waals surface area contributed by atoms with Gasteiger partial charge in [0.05, 0.1) is 16.6 Å². The number of likely N-dealkylation sites (tertiary alicyclic amines) is 1. The third-order valence-electron chi connectivity index (χ3n) is 6.74. The molecule has 1 amide bonds. The Kier molecular flexibility index (Phi) is 5.38. The summed E-state index contributed by atoms with van der Waals surface area (Å²) in [5, 5.41) is 2.62. The van der Waals surface area contributed by atoms with Crippen molar-refractivity contribution in [2.24, 2.45) is 11.8 Å². The summed E-state index contributed by atoms with van der Waals surface area (Å²) in [7, 11) is 1.62. The number of pyridine rings is 3. The second-order valence-electron chi connectivity index (χ2n) is 8.86. The molecule has 0 aromatic carbocycles. The molecular weight excluding hydrogens is 404 g/mol. The molecule has 0 radical (unpaired) electrons. The van der Waals surface area contributed by atoms with Gasteiger partial charge in [0.2, 0.25) is 0 Å². The van der Waals surface area contributed by atoms with Crippen LogP contribution in [0.5, 0.6) is 0 Å². The Morgan fingerprint density at radius 3 is 2.56 bits per heavy atom. The maximum absolute atomic E-state index is 12.1. The molecule has 2 aliphatic heterocycles. The van der Waals surface area contributed by atoms with Gasteiger partial charge in [-0.25, -0.2) is 4.98 Å². The fourth-order valence-electron chi connectivity index (χ4n) is 5.03. The number of amides is 1. The number of H-pyrrole nitrogens is 1. The maximum Gasteiger partial charge on any atom is 0.252 e. The standard InChI is InChI=1S/C24H28N6O2/c1-3-16-7-20-21(28-24(16)32)6-15(8-26-20)10-29-11-18-13-30(14-19(18)12-29)22-5-4-17(9-27-22)23(31)25-2/h4-9,18-19H,3,10-14H2,1-2H3,(H,25,31)(H,28,32). The molecule has 2 unspecified atom stereocenters. The van der Waals surface area contributed by atoms with Crippen LogP contribution in [0, 0.1) is 11.8 Å². The molecule has 2 saturated heterocycles. The van der Waals surface area contributed by atoms with Crippen molar-refractivity contribution in [2.75, 3.05) is 38.1 Å². The molecule has 32 heavy (non-hydrogen) atoms. The van der Waals surface area contributed by atoms with E-state index in [0.717, 1.165) is 60.7 Å². The van der Waals surface area contributed by atoms with Gasteiger partial charge in [0.25, 0.3) is 11.5 Å². The average molecular weight is 433 g/mol. The van der Waals surface area contributed by atoms with Crippen LogP contribution in [0.25, 0.3) is 11.0 Å². The van der Waals surface area contributed by atoms with Crippen LogP contribution in [0.15, 0.2) is 41.5 Å². The van der Waals surface area contributed by atoms with Crippen molar-refractivity contribution in [1.29, 1.82) is 0 Å². The van der Waals surface area contributed by atoms with E-state index in [9.17, 15) is 9.59 Å². The predicted octanol–water partition coefficient (Wildman–Crippen LogP) is 1.81. The first-order valence-corrected chi connectivity index (χ1v) is 11.2. The largest absolute Gasteiger partial charge is 0.356 e. The minimum absolute atomic E-state index is 0.0216. The third-order valence-corrected chi connectivity index (χ3v) is 6.74. The molecule has 0 saturated carbocycles. The van der Waals surface area contributed by atoms with Crippen LogP contribution in [0.4, 0.5) is 5.82 Å². The summed E-state index contributed by atoms with van der Waals surface area (Å²) in [6.45, 7) is 6.87. The van der Waals surface area contributed by atoms with Gasteiger partial charge in [0.1, 0.15) is 5.82 Å². The van der Waals surface area contributed by atoms with Crippen LogP contribution < -0.4 is 15.8 Å². The lowest BCUT2D eigenvalue weighted by Gasteiger charge is -2.22. The number of carbonyl (C=O) groups excluding carboxylic acids is 1. The zero-order chi connectivity index (χ0) is 22.2. The first-order chi connectivity index (χ1) is 15.5. The van der Waals surface area contributed by atoms with Crippen LogP contribution >= 0.6 is 0 Å². The predicted molar refractivity (Wildman–Crippen MR) is 124 cm³/mol. The Morgan fingerprint density at radius 1 is 1.12 bits per heavy atom. The van der Waals surface area contributed by atoms with Gasteiger partial charge in [-0.05, 0) is 48.1 Å². The van der Waals surface area contributed by atoms with E-state index < -0.39 is 0 Å². The summed E-state index contributed by atoms with van der Waals surface area (Å²) in [6, 6.07) is 7.72. The number of nitrogens with zero attached hydrogens (tertiary/aromatic N) is 4. The molecule has 0 bridgehead atoms. The lowest BCUT2D eigenvalue weighted by atomic mass is 10.0. The molecule has 2 aliphatic rings. The SMILES string of the molecule is CCc1cc2ncc(CN3CC4CN(c5ccc(C(=O)NC)cn5)CC4C3)cc2[nH]c1=O. The molecule has 2 fully saturated rings. The normalized spacial score (nSPS) is 20.6. The summed E-state index contributed by atoms with van der Waals surface area (Å²) in [5.74, 6) is 2.04. The number of rotatable bonds is 5. The number of aromatic nitrogens is 3. The average Bonchev–Trinajstić information content (AvgIpc) is 3.37. The number of aromatic amines is 1. The highest BCUT2D eigenvalue weighted by molar-refractivity contribution is 5.93. The van der Waals surface area contributed by atoms with Crippen LogP contribution in [0.2, 0.25) is 0 Å². The number of nitrogens with one attached hydrogen (secondary N) is 2. The lowest BCUT2D eigenvalue weighted by molar-refractivity contribution is 0.0962. The molecule has 0 spiro atoms. The van der Waals surface area contributed by atoms with Gasteiger partial charge in [-0.1, -0.05) is 6.92 Å². The van der Waals surface area contributed by atoms with Gasteiger partial charge < -0.3 is 15.2 Å². The van der Waals surface area contributed by atoms with Crippen LogP contribution in [0.1, 0.15) is 28.4 Å². The maximum atomic E-state index is 12.1. The van der Waals surface area contributed by atoms with Gasteiger partial charge in [-0.2, -0.15) is 0 Å². The summed E-state index contributed by atoms with van der Waals surface area (Å²) in [5.41, 5.74) is 4.11. The Bertz CT molecular complexity index is 1190. The second kappa shape index (κ2) is 8.35. The van der Waals surface area contributed by atoms with Gasteiger partial charge in [-0.15, -0.1) is 0 Å². The lowest BCUT2D eigenvalue weighted by Crippen LogP contribution is -2.29. The molecule has 2 N–H and O–H groups in total. The summed E-state index contributed by atoms with van der Waals surface area (Å²) in [6.07, 6.45) is 4.28. The van der Waals surface area contributed by atoms with Crippen molar-refractivity contribution < 1.29 is 4.79 Å². The number of carbonyl (C=O) groups is 1. The molecular formula is C24H28N6O2. The Labute approximate surface area is 186 Å². The monoisotopic (exact) mass is 432 g/mol. The van der Waals surface area contributed by atoms with Crippen molar-refractivity contribution in [3.05, 3.63) is 63.7 Å². The molecule has 5 heterocycles. The number of hydrogen-bond acceptors (Lipinski definition) is 6. The molecule has 8 heteroatoms. The van der Waals surface area contributed by atoms with Crippen molar-refractivity contribution in [1.82, 2.24) is 25.2 Å². The highest BCUT2D eigenvalue weighted by Crippen LogP contribution is 2.34. The van der Waals surface area contributed by atoms with Crippen molar-refractivity contribution >= 4 is 22.8 Å². The summed E-state index contributed by atoms with van der Waals surface area (Å²) < 4.78 is 0. The van der Waals surface area contributed by atoms with E-state index in [2.05, 4.69) is 36.1 Å². The third kappa shape index (κ3) is 3.86. The highest BCUT2D eigenvalue weighted by Gasteiger charge is 2.40. The zero-order valence-corrected chi connectivity index (χ0v) is 18.5. The second-order valence-corrected chi connectivity index (χ2v) is 8.86. The van der Waals surface area contributed by atoms with Crippen molar-refractivity contribution in [2.45, 2.75) is 19.9 Å². The molecule has 2 atom stereocenters. The van der Waals surface area contributed by atoms with Crippen LogP contribution in [0.3, 0.4) is 0 Å². The van der Waals surface area contributed by atoms with Gasteiger partial charge in [0, 0.05) is 57.7 Å². The van der Waals surface area contributed by atoms with E-state index in [-0.39, 0.29) is 11.5 Å². The first-order valence-electron chi connectivity index (χ1n) is 11.2. The highest BCUT2D eigenvalue weighted by atomic mass is 16.1. The van der Waals surface area contributed by atoms with Gasteiger partial charge in [-0.3, -0.25) is 19.5 Å². The molecule has 3 aromatic heterocycles. The Morgan fingerprint density at radius 2 is 1.91 bits per heavy atom. The fraction of sp³-hybridized carbons (Fsp3) is 0.417. The number of hydrogen-bond donors (Lipinski definition) is 2. The van der Waals surface area contributed by atoms with Gasteiger partial charge >= 0.3 is 0 Å². The van der Waals surface area contributed by atoms with E-state index in [0.29, 0.717) is 23.8 Å². The van der Waals surface area contributed by atoms with E-state index in [1.54, 1.807) is 13.2 Å². The summed E-state index contributed by atoms with van der Waals surface area (Å²) in [4.78, 5) is 40.7. The van der Waals surface area contributed by atoms with E-state index in [1.165, 1.54) is 0 Å². The van der Waals surface area contributed by atoms with Crippen LogP contribution in [-0.4, -0.2) is 59.0 Å². The number of anilines is 1. The van der Waals surface area contributed by atoms with Crippen molar-refractivity contribution in [3.8, 4) is 0 Å². The molecule has 5 rings (SSSR count). The quantitative estimate of drug-likeness (QED) is 0.639. The fourth-order valence-corrected chi connectivity index (χ4v) is 5.03. The van der Waals surface area contributed by atoms with Crippen molar-refractivity contribution in [3.63, 3.8) is 0 Å². The minimum Gasteiger partial charge on any atom is -0.356 e. The zero-order valence-electron chi connectivity index (χ0n) is 18.5. The molecule has 8 nitrogen and oxygen atoms in total. The molecule has 166 valence electrons. The van der Waals surface area contributed by atoms with E-state index in [4.69, 9.17) is 0 Å². The Balaban J connectivity index is 1.22. The van der Waals surface area contributed by atoms with E-state index >= 15 is 0 Å². The Hall–Kier alpha value is -3.26. The van der Waals surface area contributed by atoms with Crippen LogP contribution in [-0.2, 0) is 13.0 Å². The minimum atomic E-state index is -0.115. The topological polar surface area (TPSA) is 94.2 Å². The summed E-state index contributed by atoms with van der Waals surface area (Å²) >= 11 is 0. The van der Waals surface area contributed by atoms with E-state index in [1.807, 2.05) is 31.3 Å². The smallest absolute Gasteiger partial charge is 0.252 e. The first kappa shape index (κ1) is 20.6. The number of fused-ring (bicyclic) bond motifs is 2. The van der Waals surface area contributed by atoms with Gasteiger partial charge in [0.15, 0.2) is 0 Å².